The Morgan fingerprint density at radius 3 is 2.67 bits per heavy atom. The van der Waals surface area contributed by atoms with E-state index in [0.29, 0.717) is 13.2 Å². The number of hydrogen-bond acceptors (Lipinski definition) is 3. The summed E-state index contributed by atoms with van der Waals surface area (Å²) in [5.74, 6) is 0. The fourth-order valence-corrected chi connectivity index (χ4v) is 0.567. The second-order valence-electron chi connectivity index (χ2n) is 2.00. The molecule has 0 rings (SSSR count). The molecule has 0 aromatic heterocycles. The van der Waals surface area contributed by atoms with Gasteiger partial charge in [0.1, 0.15) is 0 Å². The van der Waals surface area contributed by atoms with Gasteiger partial charge < -0.3 is 16.2 Å². The third-order valence-corrected chi connectivity index (χ3v) is 1.07. The number of ether oxygens (including phenoxy) is 1. The Kier molecular flexibility index (Phi) is 5.93. The summed E-state index contributed by atoms with van der Waals surface area (Å²) in [4.78, 5) is 0. The van der Waals surface area contributed by atoms with Gasteiger partial charge in [-0.25, -0.2) is 0 Å². The second-order valence-corrected chi connectivity index (χ2v) is 2.00. The van der Waals surface area contributed by atoms with Gasteiger partial charge in [-0.05, 0) is 19.9 Å². The molecule has 0 aliphatic heterocycles. The van der Waals surface area contributed by atoms with Gasteiger partial charge in [0, 0.05) is 12.6 Å². The lowest BCUT2D eigenvalue weighted by atomic mass is 10.2. The summed E-state index contributed by atoms with van der Waals surface area (Å²) in [6.45, 7) is 3.97. The van der Waals surface area contributed by atoms with E-state index in [1.807, 2.05) is 6.92 Å². The van der Waals surface area contributed by atoms with E-state index in [1.165, 1.54) is 0 Å². The van der Waals surface area contributed by atoms with Crippen molar-refractivity contribution in [3.05, 3.63) is 0 Å². The van der Waals surface area contributed by atoms with E-state index >= 15 is 0 Å². The van der Waals surface area contributed by atoms with Crippen LogP contribution in [0.4, 0.5) is 0 Å². The monoisotopic (exact) mass is 132 g/mol. The molecule has 0 fully saturated rings. The van der Waals surface area contributed by atoms with Gasteiger partial charge in [-0.3, -0.25) is 0 Å². The molecule has 3 heteroatoms. The van der Waals surface area contributed by atoms with Crippen molar-refractivity contribution in [3.8, 4) is 0 Å². The van der Waals surface area contributed by atoms with Crippen LogP contribution in [0.2, 0.25) is 0 Å². The van der Waals surface area contributed by atoms with Crippen LogP contribution in [-0.4, -0.2) is 25.8 Å². The lowest BCUT2D eigenvalue weighted by Crippen LogP contribution is -2.28. The molecule has 0 aliphatic rings. The van der Waals surface area contributed by atoms with E-state index in [2.05, 4.69) is 0 Å². The fourth-order valence-electron chi connectivity index (χ4n) is 0.567. The maximum Gasteiger partial charge on any atom is 0.0617 e. The third-order valence-electron chi connectivity index (χ3n) is 1.07. The molecule has 0 aromatic carbocycles. The zero-order valence-electron chi connectivity index (χ0n) is 5.97. The molecule has 0 amide bonds. The van der Waals surface area contributed by atoms with Crippen LogP contribution < -0.4 is 11.5 Å². The molecule has 56 valence electrons. The standard InChI is InChI=1S/C6H16N2O/c1-2-9-5-6(8)3-4-7/h6H,2-5,7-8H2,1H3. The lowest BCUT2D eigenvalue weighted by molar-refractivity contribution is 0.131. The van der Waals surface area contributed by atoms with E-state index in [-0.39, 0.29) is 6.04 Å². The van der Waals surface area contributed by atoms with Crippen LogP contribution in [-0.2, 0) is 4.74 Å². The summed E-state index contributed by atoms with van der Waals surface area (Å²) in [6, 6.07) is 0.120. The molecule has 0 saturated heterocycles. The molecule has 0 spiro atoms. The smallest absolute Gasteiger partial charge is 0.0617 e. The van der Waals surface area contributed by atoms with Gasteiger partial charge in [-0.15, -0.1) is 0 Å². The molecule has 0 saturated carbocycles. The van der Waals surface area contributed by atoms with Gasteiger partial charge in [0.05, 0.1) is 6.61 Å². The fraction of sp³-hybridized carbons (Fsp3) is 1.00. The summed E-state index contributed by atoms with van der Waals surface area (Å²) in [6.07, 6.45) is 0.847. The van der Waals surface area contributed by atoms with Crippen molar-refractivity contribution in [2.75, 3.05) is 19.8 Å². The summed E-state index contributed by atoms with van der Waals surface area (Å²) < 4.78 is 5.07. The van der Waals surface area contributed by atoms with E-state index in [0.717, 1.165) is 13.0 Å². The Labute approximate surface area is 56.4 Å². The lowest BCUT2D eigenvalue weighted by Gasteiger charge is -2.08. The summed E-state index contributed by atoms with van der Waals surface area (Å²) in [7, 11) is 0. The molecule has 3 nitrogen and oxygen atoms in total. The maximum absolute atomic E-state index is 5.57. The normalized spacial score (nSPS) is 13.7. The number of nitrogens with two attached hydrogens (primary N) is 2. The highest BCUT2D eigenvalue weighted by Crippen LogP contribution is 1.85. The summed E-state index contributed by atoms with van der Waals surface area (Å²) in [5.41, 5.74) is 10.8. The minimum atomic E-state index is 0.120. The Morgan fingerprint density at radius 1 is 1.56 bits per heavy atom. The van der Waals surface area contributed by atoms with Crippen LogP contribution in [0.15, 0.2) is 0 Å². The zero-order valence-corrected chi connectivity index (χ0v) is 5.97. The third kappa shape index (κ3) is 5.76. The van der Waals surface area contributed by atoms with Gasteiger partial charge in [0.25, 0.3) is 0 Å². The van der Waals surface area contributed by atoms with Crippen molar-refractivity contribution >= 4 is 0 Å². The van der Waals surface area contributed by atoms with Gasteiger partial charge >= 0.3 is 0 Å². The quantitative estimate of drug-likeness (QED) is 0.540. The minimum Gasteiger partial charge on any atom is -0.380 e. The predicted molar refractivity (Wildman–Crippen MR) is 38.1 cm³/mol. The molecule has 4 N–H and O–H groups in total. The average molecular weight is 132 g/mol. The topological polar surface area (TPSA) is 61.3 Å². The van der Waals surface area contributed by atoms with Gasteiger partial charge in [0.15, 0.2) is 0 Å². The second kappa shape index (κ2) is 6.01. The number of rotatable bonds is 5. The molecule has 0 aliphatic carbocycles. The van der Waals surface area contributed by atoms with Crippen LogP contribution in [0.25, 0.3) is 0 Å². The Morgan fingerprint density at radius 2 is 2.22 bits per heavy atom. The van der Waals surface area contributed by atoms with E-state index < -0.39 is 0 Å². The van der Waals surface area contributed by atoms with Crippen molar-refractivity contribution in [2.45, 2.75) is 19.4 Å². The van der Waals surface area contributed by atoms with E-state index in [4.69, 9.17) is 16.2 Å². The molecule has 1 atom stereocenters. The molecule has 0 radical (unpaired) electrons. The molecule has 0 heterocycles. The van der Waals surface area contributed by atoms with Crippen LogP contribution >= 0.6 is 0 Å². The van der Waals surface area contributed by atoms with Crippen LogP contribution in [0, 0.1) is 0 Å². The first-order valence-corrected chi connectivity index (χ1v) is 3.34. The van der Waals surface area contributed by atoms with Crippen molar-refractivity contribution < 1.29 is 4.74 Å². The predicted octanol–water partition coefficient (Wildman–Crippen LogP) is -0.301. The minimum absolute atomic E-state index is 0.120. The van der Waals surface area contributed by atoms with Gasteiger partial charge in [-0.2, -0.15) is 0 Å². The van der Waals surface area contributed by atoms with Crippen molar-refractivity contribution in [1.29, 1.82) is 0 Å². The van der Waals surface area contributed by atoms with Crippen LogP contribution in [0.5, 0.6) is 0 Å². The first-order chi connectivity index (χ1) is 4.31. The highest BCUT2D eigenvalue weighted by Gasteiger charge is 1.98. The van der Waals surface area contributed by atoms with Gasteiger partial charge in [-0.1, -0.05) is 0 Å². The highest BCUT2D eigenvalue weighted by molar-refractivity contribution is 4.58. The zero-order chi connectivity index (χ0) is 7.11. The van der Waals surface area contributed by atoms with Gasteiger partial charge in [0.2, 0.25) is 0 Å². The summed E-state index contributed by atoms with van der Waals surface area (Å²) in [5, 5.41) is 0. The molecular weight excluding hydrogens is 116 g/mol. The Bertz CT molecular complexity index is 59.0. The molecular formula is C6H16N2O. The SMILES string of the molecule is CCOCC(N)CCN. The maximum atomic E-state index is 5.57. The molecule has 0 bridgehead atoms. The molecule has 9 heavy (non-hydrogen) atoms. The van der Waals surface area contributed by atoms with Crippen molar-refractivity contribution in [3.63, 3.8) is 0 Å². The van der Waals surface area contributed by atoms with Crippen LogP contribution in [0.3, 0.4) is 0 Å². The molecule has 1 unspecified atom stereocenters. The summed E-state index contributed by atoms with van der Waals surface area (Å²) >= 11 is 0. The van der Waals surface area contributed by atoms with Crippen LogP contribution in [0.1, 0.15) is 13.3 Å². The van der Waals surface area contributed by atoms with Crippen molar-refractivity contribution in [1.82, 2.24) is 0 Å². The first kappa shape index (κ1) is 8.88. The van der Waals surface area contributed by atoms with E-state index in [1.54, 1.807) is 0 Å². The van der Waals surface area contributed by atoms with Crippen molar-refractivity contribution in [2.24, 2.45) is 11.5 Å². The largest absolute Gasteiger partial charge is 0.380 e. The Balaban J connectivity index is 2.95. The van der Waals surface area contributed by atoms with E-state index in [9.17, 15) is 0 Å². The Hall–Kier alpha value is -0.120. The first-order valence-electron chi connectivity index (χ1n) is 3.34. The average Bonchev–Trinajstić information content (AvgIpc) is 1.85. The molecule has 0 aromatic rings. The highest BCUT2D eigenvalue weighted by atomic mass is 16.5. The number of hydrogen-bond donors (Lipinski definition) is 2.